The lowest BCUT2D eigenvalue weighted by Crippen LogP contribution is -2.34. The summed E-state index contributed by atoms with van der Waals surface area (Å²) in [6.45, 7) is 4.05. The van der Waals surface area contributed by atoms with E-state index < -0.39 is 11.8 Å². The van der Waals surface area contributed by atoms with E-state index in [1.54, 1.807) is 12.1 Å². The van der Waals surface area contributed by atoms with Crippen molar-refractivity contribution in [3.63, 3.8) is 0 Å². The first-order chi connectivity index (χ1) is 10.1. The minimum atomic E-state index is -0.735. The van der Waals surface area contributed by atoms with Gasteiger partial charge in [0.05, 0.1) is 0 Å². The molecule has 2 rings (SSSR count). The molecule has 1 aliphatic rings. The Hall–Kier alpha value is -2.17. The quantitative estimate of drug-likeness (QED) is 0.648. The molecular weight excluding hydrogens is 266 g/mol. The summed E-state index contributed by atoms with van der Waals surface area (Å²) in [4.78, 5) is 23.5. The Kier molecular flexibility index (Phi) is 5.09. The molecule has 0 saturated heterocycles. The van der Waals surface area contributed by atoms with E-state index >= 15 is 0 Å². The Morgan fingerprint density at radius 2 is 1.86 bits per heavy atom. The van der Waals surface area contributed by atoms with Crippen molar-refractivity contribution in [1.29, 1.82) is 0 Å². The third-order valence-corrected chi connectivity index (χ3v) is 3.71. The number of hydrogen-bond donors (Lipinski definition) is 2. The van der Waals surface area contributed by atoms with Gasteiger partial charge < -0.3 is 5.32 Å². The van der Waals surface area contributed by atoms with Gasteiger partial charge in [-0.15, -0.1) is 0 Å². The van der Waals surface area contributed by atoms with Gasteiger partial charge in [0.2, 0.25) is 0 Å². The lowest BCUT2D eigenvalue weighted by molar-refractivity contribution is -0.136. The molecule has 0 radical (unpaired) electrons. The molecule has 21 heavy (non-hydrogen) atoms. The van der Waals surface area contributed by atoms with Crippen molar-refractivity contribution in [2.75, 3.05) is 5.32 Å². The fourth-order valence-electron chi connectivity index (χ4n) is 2.33. The van der Waals surface area contributed by atoms with E-state index in [2.05, 4.69) is 22.8 Å². The second-order valence-corrected chi connectivity index (χ2v) is 5.51. The van der Waals surface area contributed by atoms with Crippen molar-refractivity contribution in [3.8, 4) is 0 Å². The number of aryl methyl sites for hydroxylation is 1. The molecular formula is C16H21N3O2. The summed E-state index contributed by atoms with van der Waals surface area (Å²) in [5, 5.41) is 6.64. The third kappa shape index (κ3) is 4.41. The van der Waals surface area contributed by atoms with Gasteiger partial charge in [0.15, 0.2) is 0 Å². The second kappa shape index (κ2) is 7.02. The van der Waals surface area contributed by atoms with Crippen molar-refractivity contribution >= 4 is 23.2 Å². The number of hydrogen-bond acceptors (Lipinski definition) is 3. The molecule has 5 nitrogen and oxygen atoms in total. The summed E-state index contributed by atoms with van der Waals surface area (Å²) in [5.41, 5.74) is 5.01. The summed E-state index contributed by atoms with van der Waals surface area (Å²) >= 11 is 0. The topological polar surface area (TPSA) is 70.6 Å². The molecule has 0 bridgehead atoms. The van der Waals surface area contributed by atoms with Gasteiger partial charge in [-0.2, -0.15) is 5.10 Å². The summed E-state index contributed by atoms with van der Waals surface area (Å²) in [7, 11) is 0. The van der Waals surface area contributed by atoms with Crippen LogP contribution in [0.2, 0.25) is 0 Å². The molecule has 1 saturated carbocycles. The van der Waals surface area contributed by atoms with E-state index in [0.29, 0.717) is 11.6 Å². The highest BCUT2D eigenvalue weighted by atomic mass is 16.2. The second-order valence-electron chi connectivity index (χ2n) is 5.51. The lowest BCUT2D eigenvalue weighted by atomic mass is 9.89. The maximum absolute atomic E-state index is 11.8. The molecule has 2 N–H and O–H groups in total. The van der Waals surface area contributed by atoms with E-state index in [4.69, 9.17) is 0 Å². The Labute approximate surface area is 124 Å². The first-order valence-corrected chi connectivity index (χ1v) is 7.30. The minimum absolute atomic E-state index is 0.374. The first-order valence-electron chi connectivity index (χ1n) is 7.30. The number of nitrogens with zero attached hydrogens (tertiary/aromatic N) is 1. The van der Waals surface area contributed by atoms with Gasteiger partial charge in [-0.3, -0.25) is 9.59 Å². The van der Waals surface area contributed by atoms with Gasteiger partial charge >= 0.3 is 11.8 Å². The summed E-state index contributed by atoms with van der Waals surface area (Å²) in [5.74, 6) is -1.06. The molecule has 1 fully saturated rings. The Balaban J connectivity index is 1.89. The predicted molar refractivity (Wildman–Crippen MR) is 83.0 cm³/mol. The normalized spacial score (nSPS) is 20.1. The van der Waals surface area contributed by atoms with E-state index in [1.165, 1.54) is 6.42 Å². The number of amides is 2. The SMILES string of the molecule is Cc1ccc(NC(=O)C(=O)N/N=C2/CCCC[C@H]2C)cc1. The fraction of sp³-hybridized carbons (Fsp3) is 0.438. The van der Waals surface area contributed by atoms with Gasteiger partial charge in [0.1, 0.15) is 0 Å². The highest BCUT2D eigenvalue weighted by molar-refractivity contribution is 6.39. The standard InChI is InChI=1S/C16H21N3O2/c1-11-7-9-13(10-8-11)17-15(20)16(21)19-18-14-6-4-3-5-12(14)2/h7-10,12H,3-6H2,1-2H3,(H,17,20)(H,19,21)/b18-14-/t12-/m1/s1. The van der Waals surface area contributed by atoms with Crippen molar-refractivity contribution in [1.82, 2.24) is 5.43 Å². The van der Waals surface area contributed by atoms with Gasteiger partial charge in [0, 0.05) is 11.4 Å². The molecule has 1 aromatic carbocycles. The predicted octanol–water partition coefficient (Wildman–Crippen LogP) is 2.62. The van der Waals surface area contributed by atoms with Crippen LogP contribution in [0.5, 0.6) is 0 Å². The van der Waals surface area contributed by atoms with Crippen LogP contribution in [0.25, 0.3) is 0 Å². The van der Waals surface area contributed by atoms with Gasteiger partial charge in [-0.05, 0) is 44.2 Å². The number of benzene rings is 1. The van der Waals surface area contributed by atoms with E-state index in [0.717, 1.165) is 30.5 Å². The highest BCUT2D eigenvalue weighted by Crippen LogP contribution is 2.20. The number of anilines is 1. The van der Waals surface area contributed by atoms with Crippen LogP contribution in [-0.4, -0.2) is 17.5 Å². The minimum Gasteiger partial charge on any atom is -0.318 e. The average Bonchev–Trinajstić information content (AvgIpc) is 2.48. The van der Waals surface area contributed by atoms with Gasteiger partial charge in [-0.1, -0.05) is 31.0 Å². The van der Waals surface area contributed by atoms with Gasteiger partial charge in [-0.25, -0.2) is 5.43 Å². The van der Waals surface area contributed by atoms with Crippen LogP contribution in [0.3, 0.4) is 0 Å². The van der Waals surface area contributed by atoms with Crippen molar-refractivity contribution < 1.29 is 9.59 Å². The number of hydrazone groups is 1. The van der Waals surface area contributed by atoms with E-state index in [1.807, 2.05) is 19.1 Å². The largest absolute Gasteiger partial charge is 0.329 e. The van der Waals surface area contributed by atoms with E-state index in [-0.39, 0.29) is 0 Å². The molecule has 1 aromatic rings. The van der Waals surface area contributed by atoms with Crippen LogP contribution in [-0.2, 0) is 9.59 Å². The highest BCUT2D eigenvalue weighted by Gasteiger charge is 2.18. The summed E-state index contributed by atoms with van der Waals surface area (Å²) in [6, 6.07) is 7.26. The third-order valence-electron chi connectivity index (χ3n) is 3.71. The van der Waals surface area contributed by atoms with Crippen molar-refractivity contribution in [2.45, 2.75) is 39.5 Å². The molecule has 0 aliphatic heterocycles. The molecule has 0 unspecified atom stereocenters. The molecule has 0 heterocycles. The lowest BCUT2D eigenvalue weighted by Gasteiger charge is -2.19. The molecule has 5 heteroatoms. The van der Waals surface area contributed by atoms with E-state index in [9.17, 15) is 9.59 Å². The molecule has 2 amide bonds. The Bertz CT molecular complexity index is 549. The average molecular weight is 287 g/mol. The van der Waals surface area contributed by atoms with Crippen molar-refractivity contribution in [2.24, 2.45) is 11.0 Å². The number of carbonyl (C=O) groups excluding carboxylic acids is 2. The van der Waals surface area contributed by atoms with Gasteiger partial charge in [0.25, 0.3) is 0 Å². The summed E-state index contributed by atoms with van der Waals surface area (Å²) < 4.78 is 0. The maximum atomic E-state index is 11.8. The number of carbonyl (C=O) groups is 2. The molecule has 0 spiro atoms. The Morgan fingerprint density at radius 1 is 1.14 bits per heavy atom. The number of nitrogens with one attached hydrogen (secondary N) is 2. The van der Waals surface area contributed by atoms with Crippen LogP contribution in [0.4, 0.5) is 5.69 Å². The van der Waals surface area contributed by atoms with Crippen LogP contribution in [0.15, 0.2) is 29.4 Å². The number of rotatable bonds is 2. The fourth-order valence-corrected chi connectivity index (χ4v) is 2.33. The molecule has 1 aliphatic carbocycles. The summed E-state index contributed by atoms with van der Waals surface area (Å²) in [6.07, 6.45) is 4.27. The van der Waals surface area contributed by atoms with Crippen molar-refractivity contribution in [3.05, 3.63) is 29.8 Å². The van der Waals surface area contributed by atoms with Crippen LogP contribution >= 0.6 is 0 Å². The van der Waals surface area contributed by atoms with Crippen LogP contribution in [0, 0.1) is 12.8 Å². The zero-order valence-corrected chi connectivity index (χ0v) is 12.5. The van der Waals surface area contributed by atoms with Crippen LogP contribution in [0.1, 0.15) is 38.2 Å². The monoisotopic (exact) mass is 287 g/mol. The Morgan fingerprint density at radius 3 is 2.52 bits per heavy atom. The maximum Gasteiger partial charge on any atom is 0.329 e. The van der Waals surface area contributed by atoms with Crippen LogP contribution < -0.4 is 10.7 Å². The smallest absolute Gasteiger partial charge is 0.318 e. The zero-order chi connectivity index (χ0) is 15.2. The first kappa shape index (κ1) is 15.2. The molecule has 1 atom stereocenters. The zero-order valence-electron chi connectivity index (χ0n) is 12.5. The molecule has 0 aromatic heterocycles. The molecule has 112 valence electrons.